The molecule has 0 aliphatic heterocycles. The number of hydrogen-bond donors (Lipinski definition) is 2. The molecule has 118 valence electrons. The quantitative estimate of drug-likeness (QED) is 0.773. The van der Waals surface area contributed by atoms with Crippen LogP contribution in [-0.2, 0) is 21.2 Å². The predicted octanol–water partition coefficient (Wildman–Crippen LogP) is 0.686. The Morgan fingerprint density at radius 1 is 1.33 bits per heavy atom. The molecule has 1 fully saturated rings. The van der Waals surface area contributed by atoms with E-state index in [1.165, 1.54) is 13.2 Å². The van der Waals surface area contributed by atoms with Gasteiger partial charge in [0.05, 0.1) is 18.1 Å². The van der Waals surface area contributed by atoms with Gasteiger partial charge in [-0.3, -0.25) is 0 Å². The van der Waals surface area contributed by atoms with Crippen molar-refractivity contribution < 1.29 is 23.0 Å². The predicted molar refractivity (Wildman–Crippen MR) is 77.9 cm³/mol. The van der Waals surface area contributed by atoms with Gasteiger partial charge in [0.15, 0.2) is 0 Å². The fourth-order valence-electron chi connectivity index (χ4n) is 2.40. The van der Waals surface area contributed by atoms with Crippen molar-refractivity contribution in [2.24, 2.45) is 0 Å². The maximum Gasteiger partial charge on any atom is 0.241 e. The van der Waals surface area contributed by atoms with Crippen LogP contribution < -0.4 is 9.46 Å². The number of nitrogens with one attached hydrogen (secondary N) is 1. The SMILES string of the molecule is COc1ccc(S(=O)(=O)NC2CC(OC)C2)c(CCO)c1. The highest BCUT2D eigenvalue weighted by Crippen LogP contribution is 2.27. The van der Waals surface area contributed by atoms with Crippen molar-refractivity contribution in [3.63, 3.8) is 0 Å². The first kappa shape index (κ1) is 16.2. The summed E-state index contributed by atoms with van der Waals surface area (Å²) in [6.07, 6.45) is 1.76. The summed E-state index contributed by atoms with van der Waals surface area (Å²) >= 11 is 0. The van der Waals surface area contributed by atoms with E-state index in [0.717, 1.165) is 0 Å². The topological polar surface area (TPSA) is 84.9 Å². The third kappa shape index (κ3) is 3.74. The lowest BCUT2D eigenvalue weighted by Crippen LogP contribution is -2.47. The maximum atomic E-state index is 12.5. The Morgan fingerprint density at radius 2 is 2.05 bits per heavy atom. The molecule has 21 heavy (non-hydrogen) atoms. The van der Waals surface area contributed by atoms with Crippen LogP contribution in [0.2, 0.25) is 0 Å². The van der Waals surface area contributed by atoms with Gasteiger partial charge in [-0.05, 0) is 43.0 Å². The van der Waals surface area contributed by atoms with Crippen molar-refractivity contribution in [3.8, 4) is 5.75 Å². The summed E-state index contributed by atoms with van der Waals surface area (Å²) in [5.41, 5.74) is 0.548. The van der Waals surface area contributed by atoms with E-state index in [9.17, 15) is 8.42 Å². The third-order valence-electron chi connectivity index (χ3n) is 3.69. The number of methoxy groups -OCH3 is 2. The summed E-state index contributed by atoms with van der Waals surface area (Å²) in [6.45, 7) is -0.120. The highest BCUT2D eigenvalue weighted by Gasteiger charge is 2.33. The molecule has 2 rings (SSSR count). The first-order valence-electron chi connectivity index (χ1n) is 6.83. The standard InChI is InChI=1S/C14H21NO5S/c1-19-12-3-4-14(10(7-12)5-6-16)21(17,18)15-11-8-13(9-11)20-2/h3-4,7,11,13,15-16H,5-6,8-9H2,1-2H3. The molecule has 0 atom stereocenters. The molecule has 0 radical (unpaired) electrons. The van der Waals surface area contributed by atoms with E-state index in [0.29, 0.717) is 24.2 Å². The zero-order valence-corrected chi connectivity index (χ0v) is 13.0. The van der Waals surface area contributed by atoms with E-state index in [-0.39, 0.29) is 30.1 Å². The summed E-state index contributed by atoms with van der Waals surface area (Å²) in [5, 5.41) is 9.11. The molecule has 0 amide bonds. The Balaban J connectivity index is 2.19. The second-order valence-corrected chi connectivity index (χ2v) is 6.78. The molecule has 1 aromatic rings. The smallest absolute Gasteiger partial charge is 0.241 e. The average molecular weight is 315 g/mol. The second-order valence-electron chi connectivity index (χ2n) is 5.09. The van der Waals surface area contributed by atoms with Gasteiger partial charge >= 0.3 is 0 Å². The Hall–Kier alpha value is -1.15. The summed E-state index contributed by atoms with van der Waals surface area (Å²) in [4.78, 5) is 0.193. The molecule has 6 nitrogen and oxygen atoms in total. The minimum Gasteiger partial charge on any atom is -0.497 e. The lowest BCUT2D eigenvalue weighted by atomic mass is 9.90. The summed E-state index contributed by atoms with van der Waals surface area (Å²) in [5.74, 6) is 0.570. The largest absolute Gasteiger partial charge is 0.497 e. The van der Waals surface area contributed by atoms with E-state index in [1.807, 2.05) is 0 Å². The van der Waals surface area contributed by atoms with Gasteiger partial charge < -0.3 is 14.6 Å². The Kier molecular flexibility index (Phi) is 5.21. The van der Waals surface area contributed by atoms with Crippen LogP contribution in [0.4, 0.5) is 0 Å². The van der Waals surface area contributed by atoms with Gasteiger partial charge in [0.1, 0.15) is 5.75 Å². The molecule has 1 aliphatic rings. The van der Waals surface area contributed by atoms with E-state index in [1.54, 1.807) is 19.2 Å². The molecule has 0 heterocycles. The molecule has 1 saturated carbocycles. The van der Waals surface area contributed by atoms with Gasteiger partial charge in [-0.25, -0.2) is 13.1 Å². The maximum absolute atomic E-state index is 12.5. The van der Waals surface area contributed by atoms with Crippen molar-refractivity contribution in [2.45, 2.75) is 36.3 Å². The van der Waals surface area contributed by atoms with Gasteiger partial charge in [0.2, 0.25) is 10.0 Å². The van der Waals surface area contributed by atoms with E-state index < -0.39 is 10.0 Å². The molecular formula is C14H21NO5S. The Labute approximate surface area is 125 Å². The van der Waals surface area contributed by atoms with Gasteiger partial charge in [-0.15, -0.1) is 0 Å². The molecule has 0 saturated heterocycles. The monoisotopic (exact) mass is 315 g/mol. The van der Waals surface area contributed by atoms with Crippen molar-refractivity contribution in [1.82, 2.24) is 4.72 Å². The molecule has 1 aliphatic carbocycles. The molecule has 7 heteroatoms. The van der Waals surface area contributed by atoms with Crippen molar-refractivity contribution in [1.29, 1.82) is 0 Å². The summed E-state index contributed by atoms with van der Waals surface area (Å²) < 4.78 is 37.8. The second kappa shape index (κ2) is 6.74. The minimum atomic E-state index is -3.60. The van der Waals surface area contributed by atoms with Crippen LogP contribution in [-0.4, -0.2) is 46.5 Å². The number of benzene rings is 1. The first-order chi connectivity index (χ1) is 10.00. The van der Waals surface area contributed by atoms with Crippen LogP contribution in [0.5, 0.6) is 5.75 Å². The van der Waals surface area contributed by atoms with Gasteiger partial charge in [0, 0.05) is 19.8 Å². The molecule has 0 spiro atoms. The van der Waals surface area contributed by atoms with Gasteiger partial charge in [-0.1, -0.05) is 0 Å². The fraction of sp³-hybridized carbons (Fsp3) is 0.571. The van der Waals surface area contributed by atoms with Crippen molar-refractivity contribution >= 4 is 10.0 Å². The van der Waals surface area contributed by atoms with Crippen molar-refractivity contribution in [2.75, 3.05) is 20.8 Å². The third-order valence-corrected chi connectivity index (χ3v) is 5.31. The number of aliphatic hydroxyl groups is 1. The number of sulfonamides is 1. The first-order valence-corrected chi connectivity index (χ1v) is 8.31. The normalized spacial score (nSPS) is 21.9. The number of aliphatic hydroxyl groups excluding tert-OH is 1. The Morgan fingerprint density at radius 3 is 2.62 bits per heavy atom. The number of ether oxygens (including phenoxy) is 2. The fourth-order valence-corrected chi connectivity index (χ4v) is 3.91. The van der Waals surface area contributed by atoms with Crippen LogP contribution in [0.3, 0.4) is 0 Å². The van der Waals surface area contributed by atoms with Crippen LogP contribution in [0.1, 0.15) is 18.4 Å². The minimum absolute atomic E-state index is 0.0935. The molecule has 2 N–H and O–H groups in total. The van der Waals surface area contributed by atoms with Gasteiger partial charge in [0.25, 0.3) is 0 Å². The van der Waals surface area contributed by atoms with Crippen LogP contribution in [0, 0.1) is 0 Å². The van der Waals surface area contributed by atoms with Gasteiger partial charge in [-0.2, -0.15) is 0 Å². The molecule has 0 aromatic heterocycles. The number of rotatable bonds is 7. The zero-order valence-electron chi connectivity index (χ0n) is 12.2. The number of hydrogen-bond acceptors (Lipinski definition) is 5. The van der Waals surface area contributed by atoms with Crippen LogP contribution in [0.15, 0.2) is 23.1 Å². The summed E-state index contributed by atoms with van der Waals surface area (Å²) in [6, 6.07) is 4.67. The van der Waals surface area contributed by atoms with Crippen LogP contribution >= 0.6 is 0 Å². The Bertz CT molecular complexity index is 581. The molecule has 1 aromatic carbocycles. The van der Waals surface area contributed by atoms with E-state index in [2.05, 4.69) is 4.72 Å². The van der Waals surface area contributed by atoms with Crippen molar-refractivity contribution in [3.05, 3.63) is 23.8 Å². The lowest BCUT2D eigenvalue weighted by molar-refractivity contribution is 0.0236. The highest BCUT2D eigenvalue weighted by molar-refractivity contribution is 7.89. The highest BCUT2D eigenvalue weighted by atomic mass is 32.2. The molecule has 0 bridgehead atoms. The lowest BCUT2D eigenvalue weighted by Gasteiger charge is -2.34. The molecule has 0 unspecified atom stereocenters. The average Bonchev–Trinajstić information content (AvgIpc) is 2.42. The summed E-state index contributed by atoms with van der Waals surface area (Å²) in [7, 11) is -0.461. The van der Waals surface area contributed by atoms with E-state index >= 15 is 0 Å². The zero-order chi connectivity index (χ0) is 15.5. The van der Waals surface area contributed by atoms with E-state index in [4.69, 9.17) is 14.6 Å². The van der Waals surface area contributed by atoms with Crippen LogP contribution in [0.25, 0.3) is 0 Å². The molecular weight excluding hydrogens is 294 g/mol.